The SMILES string of the molecule is C=C(C[C@H](CC(=O)OC(C)(C)C)Cc1ccc(-c2ccccc2)cc1)C(=O)OC(C)(C)C. The predicted molar refractivity (Wildman–Crippen MR) is 129 cm³/mol. The molecule has 0 radical (unpaired) electrons. The van der Waals surface area contributed by atoms with Crippen LogP contribution in [-0.4, -0.2) is 23.1 Å². The molecule has 0 heterocycles. The average molecular weight is 437 g/mol. The van der Waals surface area contributed by atoms with Crippen molar-refractivity contribution in [1.29, 1.82) is 0 Å². The van der Waals surface area contributed by atoms with Gasteiger partial charge in [-0.1, -0.05) is 61.2 Å². The van der Waals surface area contributed by atoms with E-state index in [-0.39, 0.29) is 18.3 Å². The maximum absolute atomic E-state index is 12.5. The topological polar surface area (TPSA) is 52.6 Å². The fraction of sp³-hybridized carbons (Fsp3) is 0.429. The molecular formula is C28H36O4. The van der Waals surface area contributed by atoms with Gasteiger partial charge >= 0.3 is 11.9 Å². The van der Waals surface area contributed by atoms with Crippen molar-refractivity contribution in [3.8, 4) is 11.1 Å². The highest BCUT2D eigenvalue weighted by Gasteiger charge is 2.25. The third-order valence-electron chi connectivity index (χ3n) is 4.68. The number of ether oxygens (including phenoxy) is 2. The van der Waals surface area contributed by atoms with E-state index in [1.807, 2.05) is 59.7 Å². The number of carbonyl (C=O) groups excluding carboxylic acids is 2. The summed E-state index contributed by atoms with van der Waals surface area (Å²) in [5.41, 5.74) is 2.61. The standard InChI is InChI=1S/C28H36O4/c1-20(26(30)32-28(5,6)7)17-22(19-25(29)31-27(2,3)4)18-21-13-15-24(16-14-21)23-11-9-8-10-12-23/h8-16,22H,1,17-19H2,2-7H3/t22-/m0/s1. The van der Waals surface area contributed by atoms with Crippen molar-refractivity contribution in [1.82, 2.24) is 0 Å². The van der Waals surface area contributed by atoms with Gasteiger partial charge in [-0.3, -0.25) is 4.79 Å². The number of carbonyl (C=O) groups is 2. The summed E-state index contributed by atoms with van der Waals surface area (Å²) in [7, 11) is 0. The zero-order chi connectivity index (χ0) is 23.9. The minimum atomic E-state index is -0.589. The lowest BCUT2D eigenvalue weighted by Gasteiger charge is -2.24. The fourth-order valence-electron chi connectivity index (χ4n) is 3.41. The van der Waals surface area contributed by atoms with Gasteiger partial charge in [0.15, 0.2) is 0 Å². The van der Waals surface area contributed by atoms with E-state index in [9.17, 15) is 9.59 Å². The van der Waals surface area contributed by atoms with E-state index in [0.29, 0.717) is 18.4 Å². The molecule has 172 valence electrons. The number of benzene rings is 2. The summed E-state index contributed by atoms with van der Waals surface area (Å²) in [4.78, 5) is 24.9. The zero-order valence-electron chi connectivity index (χ0n) is 20.2. The molecule has 0 aromatic heterocycles. The van der Waals surface area contributed by atoms with Gasteiger partial charge in [-0.2, -0.15) is 0 Å². The molecule has 32 heavy (non-hydrogen) atoms. The first kappa shape index (κ1) is 25.4. The van der Waals surface area contributed by atoms with Crippen LogP contribution >= 0.6 is 0 Å². The van der Waals surface area contributed by atoms with Crippen molar-refractivity contribution in [2.24, 2.45) is 5.92 Å². The zero-order valence-corrected chi connectivity index (χ0v) is 20.2. The van der Waals surface area contributed by atoms with Crippen LogP contribution in [0.4, 0.5) is 0 Å². The Labute approximate surface area is 192 Å². The van der Waals surface area contributed by atoms with Crippen molar-refractivity contribution < 1.29 is 19.1 Å². The summed E-state index contributed by atoms with van der Waals surface area (Å²) in [6.07, 6.45) is 1.21. The lowest BCUT2D eigenvalue weighted by Crippen LogP contribution is -2.27. The van der Waals surface area contributed by atoms with Crippen molar-refractivity contribution in [3.05, 3.63) is 72.3 Å². The van der Waals surface area contributed by atoms with E-state index in [1.165, 1.54) is 0 Å². The Morgan fingerprint density at radius 3 is 1.84 bits per heavy atom. The van der Waals surface area contributed by atoms with Crippen LogP contribution in [0.3, 0.4) is 0 Å². The first-order chi connectivity index (χ1) is 14.8. The van der Waals surface area contributed by atoms with Gasteiger partial charge in [0.25, 0.3) is 0 Å². The van der Waals surface area contributed by atoms with E-state index in [1.54, 1.807) is 0 Å². The highest BCUT2D eigenvalue weighted by atomic mass is 16.6. The van der Waals surface area contributed by atoms with E-state index in [4.69, 9.17) is 9.47 Å². The van der Waals surface area contributed by atoms with Gasteiger partial charge in [0.1, 0.15) is 11.2 Å². The lowest BCUT2D eigenvalue weighted by molar-refractivity contribution is -0.156. The largest absolute Gasteiger partial charge is 0.460 e. The summed E-state index contributed by atoms with van der Waals surface area (Å²) in [6.45, 7) is 14.9. The number of rotatable bonds is 8. The molecule has 2 aromatic rings. The first-order valence-corrected chi connectivity index (χ1v) is 11.1. The maximum atomic E-state index is 12.5. The van der Waals surface area contributed by atoms with E-state index in [2.05, 4.69) is 43.0 Å². The normalized spacial score (nSPS) is 12.7. The maximum Gasteiger partial charge on any atom is 0.333 e. The number of hydrogen-bond donors (Lipinski definition) is 0. The Balaban J connectivity index is 2.13. The Morgan fingerprint density at radius 2 is 1.31 bits per heavy atom. The first-order valence-electron chi connectivity index (χ1n) is 11.1. The molecule has 0 fully saturated rings. The average Bonchev–Trinajstić information content (AvgIpc) is 2.66. The van der Waals surface area contributed by atoms with Gasteiger partial charge in [0.2, 0.25) is 0 Å². The van der Waals surface area contributed by atoms with Crippen LogP contribution in [0.1, 0.15) is 59.9 Å². The summed E-state index contributed by atoms with van der Waals surface area (Å²) in [5.74, 6) is -0.820. The summed E-state index contributed by atoms with van der Waals surface area (Å²) in [6, 6.07) is 18.5. The predicted octanol–water partition coefficient (Wildman–Crippen LogP) is 6.53. The lowest BCUT2D eigenvalue weighted by atomic mass is 9.89. The molecule has 0 aliphatic rings. The minimum Gasteiger partial charge on any atom is -0.460 e. The Bertz CT molecular complexity index is 913. The molecule has 2 rings (SSSR count). The highest BCUT2D eigenvalue weighted by molar-refractivity contribution is 5.88. The van der Waals surface area contributed by atoms with Crippen LogP contribution < -0.4 is 0 Å². The van der Waals surface area contributed by atoms with Crippen LogP contribution in [0.15, 0.2) is 66.7 Å². The van der Waals surface area contributed by atoms with Crippen LogP contribution in [0.25, 0.3) is 11.1 Å². The van der Waals surface area contributed by atoms with Gasteiger partial charge in [-0.05, 0) is 77.0 Å². The van der Waals surface area contributed by atoms with Crippen molar-refractivity contribution in [3.63, 3.8) is 0 Å². The van der Waals surface area contributed by atoms with Crippen molar-refractivity contribution >= 4 is 11.9 Å². The molecule has 0 aliphatic heterocycles. The third kappa shape index (κ3) is 9.09. The van der Waals surface area contributed by atoms with Crippen molar-refractivity contribution in [2.45, 2.75) is 72.0 Å². The summed E-state index contributed by atoms with van der Waals surface area (Å²) >= 11 is 0. The van der Waals surface area contributed by atoms with Gasteiger partial charge < -0.3 is 9.47 Å². The minimum absolute atomic E-state index is 0.118. The van der Waals surface area contributed by atoms with Gasteiger partial charge in [-0.15, -0.1) is 0 Å². The van der Waals surface area contributed by atoms with E-state index < -0.39 is 17.2 Å². The summed E-state index contributed by atoms with van der Waals surface area (Å²) < 4.78 is 11.0. The Hall–Kier alpha value is -2.88. The third-order valence-corrected chi connectivity index (χ3v) is 4.68. The highest BCUT2D eigenvalue weighted by Crippen LogP contribution is 2.26. The molecule has 0 saturated carbocycles. The van der Waals surface area contributed by atoms with E-state index in [0.717, 1.165) is 16.7 Å². The molecular weight excluding hydrogens is 400 g/mol. The molecule has 0 N–H and O–H groups in total. The molecule has 0 bridgehead atoms. The number of esters is 2. The Kier molecular flexibility index (Phi) is 8.43. The fourth-order valence-corrected chi connectivity index (χ4v) is 3.41. The monoisotopic (exact) mass is 436 g/mol. The van der Waals surface area contributed by atoms with Crippen LogP contribution in [0, 0.1) is 5.92 Å². The molecule has 2 aromatic carbocycles. The van der Waals surface area contributed by atoms with Crippen LogP contribution in [0.2, 0.25) is 0 Å². The van der Waals surface area contributed by atoms with Crippen molar-refractivity contribution in [2.75, 3.05) is 0 Å². The molecule has 4 nitrogen and oxygen atoms in total. The molecule has 0 aliphatic carbocycles. The quantitative estimate of drug-likeness (QED) is 0.349. The summed E-state index contributed by atoms with van der Waals surface area (Å²) in [5, 5.41) is 0. The molecule has 0 amide bonds. The smallest absolute Gasteiger partial charge is 0.333 e. The van der Waals surface area contributed by atoms with E-state index >= 15 is 0 Å². The molecule has 1 atom stereocenters. The second kappa shape index (κ2) is 10.6. The molecule has 4 heteroatoms. The second-order valence-corrected chi connectivity index (χ2v) is 10.2. The number of hydrogen-bond acceptors (Lipinski definition) is 4. The van der Waals surface area contributed by atoms with Gasteiger partial charge in [0, 0.05) is 12.0 Å². The molecule has 0 spiro atoms. The van der Waals surface area contributed by atoms with Crippen LogP contribution in [0.5, 0.6) is 0 Å². The van der Waals surface area contributed by atoms with Gasteiger partial charge in [-0.25, -0.2) is 4.79 Å². The molecule has 0 unspecified atom stereocenters. The molecule has 0 saturated heterocycles. The second-order valence-electron chi connectivity index (χ2n) is 10.2. The van der Waals surface area contributed by atoms with Gasteiger partial charge in [0.05, 0.1) is 0 Å². The Morgan fingerprint density at radius 1 is 0.781 bits per heavy atom. The van der Waals surface area contributed by atoms with Crippen LogP contribution in [-0.2, 0) is 25.5 Å².